The SMILES string of the molecule is C=C(C)[C@@H]1CC[C@]2(C(=O)O)CC[C@]3(C)[C@H](CCC4[C@@]5(C)CC[C@@H]([C@@]6(O[C@@H]7OC[C@@H](O)[C@H](O)[C@H]7O)[C@H](O)[C@@H](C(=O)O)O[C@@H](O)[C@@H]6O)C(C)(C)[C@@H]5CC[C@]43C)[C@@H]12. The van der Waals surface area contributed by atoms with E-state index in [0.29, 0.717) is 25.7 Å². The zero-order chi connectivity index (χ0) is 39.7. The summed E-state index contributed by atoms with van der Waals surface area (Å²) in [6.07, 6.45) is -7.07. The summed E-state index contributed by atoms with van der Waals surface area (Å²) >= 11 is 0. The van der Waals surface area contributed by atoms with E-state index < -0.39 is 90.1 Å². The highest BCUT2D eigenvalue weighted by Gasteiger charge is 2.75. The molecule has 19 atom stereocenters. The Balaban J connectivity index is 1.26. The molecule has 7 aliphatic rings. The second-order valence-electron chi connectivity index (χ2n) is 20.0. The molecule has 0 aromatic carbocycles. The lowest BCUT2D eigenvalue weighted by Crippen LogP contribution is -2.77. The molecule has 1 unspecified atom stereocenters. The maximum atomic E-state index is 13.1. The molecule has 13 heteroatoms. The van der Waals surface area contributed by atoms with Gasteiger partial charge in [0, 0.05) is 0 Å². The van der Waals surface area contributed by atoms with E-state index in [0.717, 1.165) is 44.1 Å². The van der Waals surface area contributed by atoms with Gasteiger partial charge in [-0.15, -0.1) is 0 Å². The highest BCUT2D eigenvalue weighted by Crippen LogP contribution is 2.78. The van der Waals surface area contributed by atoms with Crippen LogP contribution in [0.25, 0.3) is 0 Å². The molecule has 8 N–H and O–H groups in total. The third-order valence-electron chi connectivity index (χ3n) is 17.9. The molecule has 0 amide bonds. The number of ether oxygens (including phenoxy) is 3. The predicted molar refractivity (Wildman–Crippen MR) is 192 cm³/mol. The van der Waals surface area contributed by atoms with Crippen molar-refractivity contribution in [1.29, 1.82) is 0 Å². The van der Waals surface area contributed by atoms with Crippen LogP contribution in [0.4, 0.5) is 0 Å². The molecule has 54 heavy (non-hydrogen) atoms. The second kappa shape index (κ2) is 13.2. The third-order valence-corrected chi connectivity index (χ3v) is 17.9. The number of hydrogen-bond acceptors (Lipinski definition) is 11. The van der Waals surface area contributed by atoms with Crippen molar-refractivity contribution in [3.63, 3.8) is 0 Å². The Morgan fingerprint density at radius 3 is 2.04 bits per heavy atom. The van der Waals surface area contributed by atoms with Crippen LogP contribution in [0.2, 0.25) is 0 Å². The Hall–Kier alpha value is -1.68. The zero-order valence-electron chi connectivity index (χ0n) is 32.7. The molecule has 2 heterocycles. The smallest absolute Gasteiger partial charge is 0.335 e. The molecular formula is C41H64O13. The van der Waals surface area contributed by atoms with E-state index in [1.807, 2.05) is 13.8 Å². The number of carboxylic acids is 2. The summed E-state index contributed by atoms with van der Waals surface area (Å²) in [5.74, 6) is -2.30. The summed E-state index contributed by atoms with van der Waals surface area (Å²) in [7, 11) is 0. The molecular weight excluding hydrogens is 700 g/mol. The van der Waals surface area contributed by atoms with E-state index >= 15 is 0 Å². The normalized spacial score (nSPS) is 55.4. The van der Waals surface area contributed by atoms with Gasteiger partial charge in [0.2, 0.25) is 0 Å². The molecule has 5 aliphatic carbocycles. The van der Waals surface area contributed by atoms with Crippen LogP contribution in [0.3, 0.4) is 0 Å². The van der Waals surface area contributed by atoms with Gasteiger partial charge >= 0.3 is 11.9 Å². The van der Waals surface area contributed by atoms with Gasteiger partial charge in [0.15, 0.2) is 18.7 Å². The first-order valence-corrected chi connectivity index (χ1v) is 20.2. The highest BCUT2D eigenvalue weighted by molar-refractivity contribution is 5.76. The fourth-order valence-corrected chi connectivity index (χ4v) is 15.2. The average Bonchev–Trinajstić information content (AvgIpc) is 3.50. The molecule has 0 radical (unpaired) electrons. The third kappa shape index (κ3) is 5.21. The fourth-order valence-electron chi connectivity index (χ4n) is 15.2. The topological polar surface area (TPSA) is 224 Å². The van der Waals surface area contributed by atoms with Gasteiger partial charge < -0.3 is 55.1 Å². The number of carbonyl (C=O) groups is 2. The van der Waals surface area contributed by atoms with Crippen molar-refractivity contribution >= 4 is 11.9 Å². The molecule has 0 aromatic heterocycles. The average molecular weight is 765 g/mol. The Kier molecular flexibility index (Phi) is 9.88. The molecule has 0 aromatic rings. The minimum absolute atomic E-state index is 0.00826. The van der Waals surface area contributed by atoms with Crippen molar-refractivity contribution in [3.8, 4) is 0 Å². The number of hydrogen-bond donors (Lipinski definition) is 8. The summed E-state index contributed by atoms with van der Waals surface area (Å²) in [6, 6.07) is 0. The summed E-state index contributed by atoms with van der Waals surface area (Å²) in [5.41, 5.74) is -3.08. The zero-order valence-corrected chi connectivity index (χ0v) is 32.7. The Bertz CT molecular complexity index is 1520. The van der Waals surface area contributed by atoms with Gasteiger partial charge in [0.05, 0.1) is 12.0 Å². The molecule has 306 valence electrons. The van der Waals surface area contributed by atoms with E-state index in [9.17, 15) is 50.4 Å². The first kappa shape index (κ1) is 40.5. The van der Waals surface area contributed by atoms with Gasteiger partial charge in [0.1, 0.15) is 36.1 Å². The van der Waals surface area contributed by atoms with Crippen molar-refractivity contribution in [2.24, 2.45) is 62.6 Å². The number of fused-ring (bicyclic) bond motifs is 7. The second-order valence-corrected chi connectivity index (χ2v) is 20.0. The molecule has 2 aliphatic heterocycles. The van der Waals surface area contributed by atoms with Crippen LogP contribution in [-0.4, -0.2) is 114 Å². The van der Waals surface area contributed by atoms with E-state index in [4.69, 9.17) is 14.2 Å². The molecule has 0 bridgehead atoms. The van der Waals surface area contributed by atoms with Gasteiger partial charge in [-0.1, -0.05) is 46.8 Å². The van der Waals surface area contributed by atoms with Crippen LogP contribution in [-0.2, 0) is 23.8 Å². The summed E-state index contributed by atoms with van der Waals surface area (Å²) in [6.45, 7) is 17.3. The van der Waals surface area contributed by atoms with Crippen LogP contribution in [0.1, 0.15) is 106 Å². The maximum absolute atomic E-state index is 13.1. The summed E-state index contributed by atoms with van der Waals surface area (Å²) in [5, 5.41) is 87.5. The Labute approximate surface area is 318 Å². The largest absolute Gasteiger partial charge is 0.481 e. The number of aliphatic carboxylic acids is 2. The predicted octanol–water partition coefficient (Wildman–Crippen LogP) is 3.06. The fraction of sp³-hybridized carbons (Fsp3) is 0.902. The van der Waals surface area contributed by atoms with Crippen LogP contribution in [0.5, 0.6) is 0 Å². The molecule has 2 saturated heterocycles. The van der Waals surface area contributed by atoms with Gasteiger partial charge in [-0.3, -0.25) is 4.79 Å². The van der Waals surface area contributed by atoms with Crippen molar-refractivity contribution in [2.75, 3.05) is 6.61 Å². The van der Waals surface area contributed by atoms with Crippen LogP contribution in [0.15, 0.2) is 12.2 Å². The lowest BCUT2D eigenvalue weighted by molar-refractivity contribution is -0.398. The van der Waals surface area contributed by atoms with E-state index in [1.165, 1.54) is 0 Å². The van der Waals surface area contributed by atoms with Crippen molar-refractivity contribution in [2.45, 2.75) is 161 Å². The molecule has 7 fully saturated rings. The minimum Gasteiger partial charge on any atom is -0.481 e. The quantitative estimate of drug-likeness (QED) is 0.183. The maximum Gasteiger partial charge on any atom is 0.335 e. The van der Waals surface area contributed by atoms with Crippen LogP contribution >= 0.6 is 0 Å². The van der Waals surface area contributed by atoms with Gasteiger partial charge in [0.25, 0.3) is 0 Å². The van der Waals surface area contributed by atoms with Crippen molar-refractivity contribution in [1.82, 2.24) is 0 Å². The first-order chi connectivity index (χ1) is 25.1. The molecule has 13 nitrogen and oxygen atoms in total. The monoisotopic (exact) mass is 764 g/mol. The number of aliphatic hydroxyl groups is 6. The standard InChI is InChI=1S/C41H64O13/c1-19(2)20-10-15-40(35(50)51)17-16-38(6)21(26(20)40)8-9-25-37(5)13-11-24(36(3,4)23(37)12-14-39(25,38)7)41(54-34-28(44)27(43)22(42)18-52-34)30(45)29(32(47)48)53-33(49)31(41)46/h20-31,33-34,42-46,49H,1,8-18H2,2-7H3,(H,47,48)(H,50,51)/t20-,21+,22+,23-,24+,25?,26+,27-,28+,29-,30+,31-,33+,34-,37-,38+,39+,40-,41+/m0/s1. The van der Waals surface area contributed by atoms with Crippen molar-refractivity contribution in [3.05, 3.63) is 12.2 Å². The van der Waals surface area contributed by atoms with E-state index in [1.54, 1.807) is 0 Å². The van der Waals surface area contributed by atoms with Gasteiger partial charge in [-0.2, -0.15) is 0 Å². The Morgan fingerprint density at radius 1 is 0.741 bits per heavy atom. The molecule has 7 rings (SSSR count). The number of rotatable bonds is 6. The minimum atomic E-state index is -2.23. The first-order valence-electron chi connectivity index (χ1n) is 20.2. The molecule has 0 spiro atoms. The van der Waals surface area contributed by atoms with Crippen LogP contribution < -0.4 is 0 Å². The number of carboxylic acid groups (broad SMARTS) is 2. The summed E-state index contributed by atoms with van der Waals surface area (Å²) in [4.78, 5) is 25.6. The highest BCUT2D eigenvalue weighted by atomic mass is 16.7. The molecule has 5 saturated carbocycles. The Morgan fingerprint density at radius 2 is 1.41 bits per heavy atom. The number of allylic oxidation sites excluding steroid dienone is 1. The number of aliphatic hydroxyl groups excluding tert-OH is 6. The lowest BCUT2D eigenvalue weighted by atomic mass is 9.31. The van der Waals surface area contributed by atoms with Crippen molar-refractivity contribution < 1.29 is 64.7 Å². The van der Waals surface area contributed by atoms with E-state index in [2.05, 4.69) is 34.3 Å². The van der Waals surface area contributed by atoms with Gasteiger partial charge in [-0.25, -0.2) is 4.79 Å². The summed E-state index contributed by atoms with van der Waals surface area (Å²) < 4.78 is 17.3. The van der Waals surface area contributed by atoms with Gasteiger partial charge in [-0.05, 0) is 128 Å². The van der Waals surface area contributed by atoms with Crippen LogP contribution in [0, 0.1) is 62.6 Å². The van der Waals surface area contributed by atoms with E-state index in [-0.39, 0.29) is 45.8 Å². The lowest BCUT2D eigenvalue weighted by Gasteiger charge is -2.74.